The van der Waals surface area contributed by atoms with Crippen LogP contribution < -0.4 is 15.4 Å². The summed E-state index contributed by atoms with van der Waals surface area (Å²) < 4.78 is 10.5. The summed E-state index contributed by atoms with van der Waals surface area (Å²) in [5.41, 5.74) is 0.231. The van der Waals surface area contributed by atoms with E-state index in [1.807, 2.05) is 0 Å². The summed E-state index contributed by atoms with van der Waals surface area (Å²) in [6, 6.07) is 6.14. The minimum Gasteiger partial charge on any atom is -0.497 e. The van der Waals surface area contributed by atoms with Crippen LogP contribution in [0.4, 0.5) is 5.69 Å². The molecule has 1 aromatic carbocycles. The molecule has 4 fully saturated rings. The van der Waals surface area contributed by atoms with Gasteiger partial charge in [-0.25, -0.2) is 4.79 Å². The molecular weight excluding hydrogens is 396 g/mol. The summed E-state index contributed by atoms with van der Waals surface area (Å²) >= 11 is 0. The molecule has 2 atom stereocenters. The lowest BCUT2D eigenvalue weighted by Gasteiger charge is -2.55. The zero-order chi connectivity index (χ0) is 22.2. The second-order valence-electron chi connectivity index (χ2n) is 9.69. The number of hydrogen-bond donors (Lipinski definition) is 2. The number of benzene rings is 1. The van der Waals surface area contributed by atoms with E-state index >= 15 is 0 Å². The van der Waals surface area contributed by atoms with Crippen molar-refractivity contribution in [1.82, 2.24) is 5.32 Å². The van der Waals surface area contributed by atoms with Gasteiger partial charge in [0, 0.05) is 17.2 Å². The van der Waals surface area contributed by atoms with Crippen LogP contribution in [-0.4, -0.2) is 37.0 Å². The highest BCUT2D eigenvalue weighted by Gasteiger charge is 2.54. The van der Waals surface area contributed by atoms with Crippen LogP contribution in [0, 0.1) is 23.2 Å². The molecule has 0 radical (unpaired) electrons. The Kier molecular flexibility index (Phi) is 5.95. The van der Waals surface area contributed by atoms with E-state index in [1.165, 1.54) is 26.2 Å². The maximum absolute atomic E-state index is 13.1. The normalized spacial score (nSPS) is 30.2. The fourth-order valence-corrected chi connectivity index (χ4v) is 6.07. The molecule has 7 heteroatoms. The van der Waals surface area contributed by atoms with Gasteiger partial charge in [-0.15, -0.1) is 0 Å². The molecule has 2 N–H and O–H groups in total. The number of esters is 1. The fraction of sp³-hybridized carbons (Fsp3) is 0.625. The predicted molar refractivity (Wildman–Crippen MR) is 115 cm³/mol. The Labute approximate surface area is 183 Å². The highest BCUT2D eigenvalue weighted by atomic mass is 16.5. The van der Waals surface area contributed by atoms with Crippen LogP contribution in [0.2, 0.25) is 0 Å². The van der Waals surface area contributed by atoms with Crippen LogP contribution in [0.5, 0.6) is 5.75 Å². The van der Waals surface area contributed by atoms with Gasteiger partial charge < -0.3 is 20.1 Å². The van der Waals surface area contributed by atoms with Crippen LogP contribution in [-0.2, 0) is 19.1 Å². The van der Waals surface area contributed by atoms with Crippen molar-refractivity contribution in [2.45, 2.75) is 64.5 Å². The smallest absolute Gasteiger partial charge is 0.329 e. The lowest BCUT2D eigenvalue weighted by atomic mass is 9.49. The van der Waals surface area contributed by atoms with E-state index in [-0.39, 0.29) is 11.3 Å². The van der Waals surface area contributed by atoms with E-state index in [1.54, 1.807) is 38.3 Å². The Bertz CT molecular complexity index is 832. The topological polar surface area (TPSA) is 93.7 Å². The van der Waals surface area contributed by atoms with Crippen LogP contribution in [0.15, 0.2) is 24.3 Å². The first kappa shape index (κ1) is 21.7. The van der Waals surface area contributed by atoms with Crippen molar-refractivity contribution in [3.63, 3.8) is 0 Å². The van der Waals surface area contributed by atoms with Crippen LogP contribution in [0.3, 0.4) is 0 Å². The number of methoxy groups -OCH3 is 1. The number of ether oxygens (including phenoxy) is 2. The van der Waals surface area contributed by atoms with Gasteiger partial charge in [-0.2, -0.15) is 0 Å². The summed E-state index contributed by atoms with van der Waals surface area (Å²) in [7, 11) is 1.55. The van der Waals surface area contributed by atoms with Gasteiger partial charge in [-0.3, -0.25) is 9.59 Å². The Morgan fingerprint density at radius 1 is 1.03 bits per heavy atom. The Morgan fingerprint density at radius 3 is 2.23 bits per heavy atom. The summed E-state index contributed by atoms with van der Waals surface area (Å²) in [5.74, 6) is 1.50. The molecule has 7 nitrogen and oxygen atoms in total. The molecule has 0 spiro atoms. The summed E-state index contributed by atoms with van der Waals surface area (Å²) in [6.07, 6.45) is 5.58. The fourth-order valence-electron chi connectivity index (χ4n) is 6.07. The molecule has 0 saturated heterocycles. The van der Waals surface area contributed by atoms with Crippen LogP contribution in [0.25, 0.3) is 0 Å². The van der Waals surface area contributed by atoms with Crippen LogP contribution in [0.1, 0.15) is 52.4 Å². The van der Waals surface area contributed by atoms with Crippen molar-refractivity contribution in [3.8, 4) is 5.75 Å². The molecule has 0 aromatic heterocycles. The van der Waals surface area contributed by atoms with Gasteiger partial charge in [0.25, 0.3) is 5.91 Å². The third-order valence-corrected chi connectivity index (χ3v) is 7.22. The average Bonchev–Trinajstić information content (AvgIpc) is 2.72. The van der Waals surface area contributed by atoms with E-state index in [9.17, 15) is 14.4 Å². The maximum atomic E-state index is 13.1. The third kappa shape index (κ3) is 4.55. The lowest BCUT2D eigenvalue weighted by molar-refractivity contribution is -0.158. The van der Waals surface area contributed by atoms with E-state index < -0.39 is 24.0 Å². The number of nitrogens with one attached hydrogen (secondary N) is 2. The third-order valence-electron chi connectivity index (χ3n) is 7.22. The lowest BCUT2D eigenvalue weighted by Crippen LogP contribution is -2.56. The average molecular weight is 429 g/mol. The van der Waals surface area contributed by atoms with Gasteiger partial charge in [-0.05, 0) is 82.3 Å². The summed E-state index contributed by atoms with van der Waals surface area (Å²) in [4.78, 5) is 38.1. The highest BCUT2D eigenvalue weighted by Crippen LogP contribution is 2.60. The van der Waals surface area contributed by atoms with Gasteiger partial charge in [0.05, 0.1) is 7.11 Å². The monoisotopic (exact) mass is 428 g/mol. The molecule has 168 valence electrons. The van der Waals surface area contributed by atoms with E-state index in [0.29, 0.717) is 29.2 Å². The molecule has 5 rings (SSSR count). The van der Waals surface area contributed by atoms with Gasteiger partial charge in [0.1, 0.15) is 11.8 Å². The molecule has 0 unspecified atom stereocenters. The predicted octanol–water partition coefficient (Wildman–Crippen LogP) is 3.29. The first-order chi connectivity index (χ1) is 14.8. The van der Waals surface area contributed by atoms with Crippen molar-refractivity contribution in [2.24, 2.45) is 23.2 Å². The van der Waals surface area contributed by atoms with E-state index in [0.717, 1.165) is 19.3 Å². The van der Waals surface area contributed by atoms with Crippen molar-refractivity contribution >= 4 is 23.5 Å². The number of hydrogen-bond acceptors (Lipinski definition) is 5. The number of carbonyl (C=O) groups excluding carboxylic acids is 3. The van der Waals surface area contributed by atoms with Gasteiger partial charge in [0.15, 0.2) is 6.10 Å². The largest absolute Gasteiger partial charge is 0.497 e. The molecule has 1 aromatic rings. The van der Waals surface area contributed by atoms with Gasteiger partial charge in [-0.1, -0.05) is 6.07 Å². The first-order valence-corrected chi connectivity index (χ1v) is 11.2. The second kappa shape index (κ2) is 8.52. The number of anilines is 1. The minimum absolute atomic E-state index is 0.0236. The summed E-state index contributed by atoms with van der Waals surface area (Å²) in [5, 5.41) is 5.59. The zero-order valence-corrected chi connectivity index (χ0v) is 18.5. The number of carbonyl (C=O) groups is 3. The first-order valence-electron chi connectivity index (χ1n) is 11.2. The zero-order valence-electron chi connectivity index (χ0n) is 18.5. The van der Waals surface area contributed by atoms with Crippen LogP contribution >= 0.6 is 0 Å². The molecule has 0 aliphatic heterocycles. The van der Waals surface area contributed by atoms with Crippen molar-refractivity contribution in [2.75, 3.05) is 12.4 Å². The quantitative estimate of drug-likeness (QED) is 0.650. The maximum Gasteiger partial charge on any atom is 0.329 e. The Morgan fingerprint density at radius 2 is 1.65 bits per heavy atom. The molecule has 4 aliphatic rings. The standard InChI is InChI=1S/C24H32N2O5/c1-14(25-23(29)24-11-16-7-17(12-24)9-18(8-16)13-24)22(28)31-15(2)21(27)26-19-5-4-6-20(10-19)30-3/h4-6,10,14-18H,7-9,11-13H2,1-3H3,(H,25,29)(H,26,27)/t14-,15+,16?,17?,18?,24?/m0/s1. The molecule has 4 saturated carbocycles. The van der Waals surface area contributed by atoms with E-state index in [4.69, 9.17) is 9.47 Å². The molecular formula is C24H32N2O5. The van der Waals surface area contributed by atoms with E-state index in [2.05, 4.69) is 10.6 Å². The molecule has 4 bridgehead atoms. The van der Waals surface area contributed by atoms with Crippen molar-refractivity contribution in [1.29, 1.82) is 0 Å². The summed E-state index contributed by atoms with van der Waals surface area (Å²) in [6.45, 7) is 3.13. The Balaban J connectivity index is 1.30. The molecule has 0 heterocycles. The highest BCUT2D eigenvalue weighted by molar-refractivity contribution is 5.96. The molecule has 2 amide bonds. The second-order valence-corrected chi connectivity index (χ2v) is 9.69. The molecule has 4 aliphatic carbocycles. The van der Waals surface area contributed by atoms with Crippen molar-refractivity contribution < 1.29 is 23.9 Å². The van der Waals surface area contributed by atoms with Crippen molar-refractivity contribution in [3.05, 3.63) is 24.3 Å². The van der Waals surface area contributed by atoms with Gasteiger partial charge in [0.2, 0.25) is 5.91 Å². The number of amides is 2. The number of rotatable bonds is 7. The SMILES string of the molecule is COc1cccc(NC(=O)[C@@H](C)OC(=O)[C@H](C)NC(=O)C23CC4CC(CC(C4)C2)C3)c1. The Hall–Kier alpha value is -2.57. The van der Waals surface area contributed by atoms with Gasteiger partial charge >= 0.3 is 5.97 Å². The minimum atomic E-state index is -0.988. The molecule has 31 heavy (non-hydrogen) atoms.